The van der Waals surface area contributed by atoms with Gasteiger partial charge in [0.1, 0.15) is 0 Å². The zero-order chi connectivity index (χ0) is 15.7. The van der Waals surface area contributed by atoms with E-state index in [1.165, 1.54) is 6.07 Å². The zero-order valence-electron chi connectivity index (χ0n) is 9.93. The summed E-state index contributed by atoms with van der Waals surface area (Å²) in [6.07, 6.45) is -5.02. The first kappa shape index (κ1) is 15.4. The summed E-state index contributed by atoms with van der Waals surface area (Å²) in [6, 6.07) is 2.86. The molecule has 0 saturated carbocycles. The fourth-order valence-electron chi connectivity index (χ4n) is 1.54. The minimum absolute atomic E-state index is 0.216. The number of benzene rings is 1. The predicted octanol–water partition coefficient (Wildman–Crippen LogP) is 2.48. The van der Waals surface area contributed by atoms with Crippen LogP contribution >= 0.6 is 0 Å². The van der Waals surface area contributed by atoms with Crippen LogP contribution in [0.3, 0.4) is 0 Å². The van der Waals surface area contributed by atoms with Crippen molar-refractivity contribution in [3.63, 3.8) is 0 Å². The van der Waals surface area contributed by atoms with Gasteiger partial charge in [0.15, 0.2) is 5.41 Å². The summed E-state index contributed by atoms with van der Waals surface area (Å²) in [7, 11) is 0. The molecule has 1 aromatic rings. The number of hydrogen-bond acceptors (Lipinski definition) is 4. The molecular formula is C11H7F3N2O4. The zero-order valence-corrected chi connectivity index (χ0v) is 9.93. The maximum Gasteiger partial charge on any atom is 0.416 e. The number of carbonyl (C=O) groups is 1. The number of non-ortho nitro benzene ring substituents is 1. The summed E-state index contributed by atoms with van der Waals surface area (Å²) in [5.41, 5.74) is -5.66. The van der Waals surface area contributed by atoms with Crippen molar-refractivity contribution in [3.05, 3.63) is 39.4 Å². The van der Waals surface area contributed by atoms with Crippen molar-refractivity contribution in [1.29, 1.82) is 5.26 Å². The molecule has 9 heteroatoms. The van der Waals surface area contributed by atoms with E-state index in [0.29, 0.717) is 6.07 Å². The van der Waals surface area contributed by atoms with Crippen molar-refractivity contribution in [3.8, 4) is 6.07 Å². The van der Waals surface area contributed by atoms with E-state index in [1.54, 1.807) is 0 Å². The highest BCUT2D eigenvalue weighted by Gasteiger charge is 2.45. The summed E-state index contributed by atoms with van der Waals surface area (Å²) < 4.78 is 38.7. The van der Waals surface area contributed by atoms with Crippen molar-refractivity contribution in [1.82, 2.24) is 0 Å². The molecule has 0 bridgehead atoms. The van der Waals surface area contributed by atoms with Gasteiger partial charge in [-0.25, -0.2) is 0 Å². The van der Waals surface area contributed by atoms with E-state index in [4.69, 9.17) is 10.4 Å². The van der Waals surface area contributed by atoms with Crippen LogP contribution in [0.25, 0.3) is 0 Å². The van der Waals surface area contributed by atoms with Gasteiger partial charge in [0.2, 0.25) is 0 Å². The number of carboxylic acid groups (broad SMARTS) is 1. The van der Waals surface area contributed by atoms with E-state index in [0.717, 1.165) is 13.0 Å². The average molecular weight is 288 g/mol. The van der Waals surface area contributed by atoms with Crippen LogP contribution in [0.15, 0.2) is 18.2 Å². The number of nitrogens with zero attached hydrogens (tertiary/aromatic N) is 2. The van der Waals surface area contributed by atoms with Gasteiger partial charge >= 0.3 is 12.1 Å². The standard InChI is InChI=1S/C11H7F3N2O4/c1-10(5-15,9(17)18)7-3-2-6(16(19)20)4-8(7)11(12,13)14/h2-4H,1H3,(H,17,18). The molecule has 1 N–H and O–H groups in total. The van der Waals surface area contributed by atoms with Crippen LogP contribution in [0.4, 0.5) is 18.9 Å². The second-order valence-electron chi connectivity index (χ2n) is 4.03. The van der Waals surface area contributed by atoms with Crippen LogP contribution in [-0.2, 0) is 16.4 Å². The number of halogens is 3. The number of carboxylic acids is 1. The Morgan fingerprint density at radius 1 is 1.40 bits per heavy atom. The molecule has 1 unspecified atom stereocenters. The average Bonchev–Trinajstić information content (AvgIpc) is 2.35. The van der Waals surface area contributed by atoms with Gasteiger partial charge in [-0.2, -0.15) is 18.4 Å². The van der Waals surface area contributed by atoms with Gasteiger partial charge in [-0.15, -0.1) is 0 Å². The Labute approximate surface area is 110 Å². The van der Waals surface area contributed by atoms with E-state index in [-0.39, 0.29) is 6.07 Å². The van der Waals surface area contributed by atoms with Crippen LogP contribution in [0, 0.1) is 21.4 Å². The topological polar surface area (TPSA) is 104 Å². The van der Waals surface area contributed by atoms with E-state index in [9.17, 15) is 28.1 Å². The molecule has 20 heavy (non-hydrogen) atoms. The Morgan fingerprint density at radius 2 is 1.95 bits per heavy atom. The van der Waals surface area contributed by atoms with Crippen molar-refractivity contribution in [2.75, 3.05) is 0 Å². The van der Waals surface area contributed by atoms with Crippen molar-refractivity contribution in [2.45, 2.75) is 18.5 Å². The molecule has 6 nitrogen and oxygen atoms in total. The molecule has 0 spiro atoms. The molecule has 0 aliphatic carbocycles. The number of alkyl halides is 3. The molecule has 1 rings (SSSR count). The SMILES string of the molecule is CC(C#N)(C(=O)O)c1ccc([N+](=O)[O-])cc1C(F)(F)F. The molecule has 0 fully saturated rings. The lowest BCUT2D eigenvalue weighted by atomic mass is 9.81. The molecule has 0 aliphatic heterocycles. The fraction of sp³-hybridized carbons (Fsp3) is 0.273. The number of rotatable bonds is 3. The Hall–Kier alpha value is -2.63. The Balaban J connectivity index is 3.69. The van der Waals surface area contributed by atoms with Crippen LogP contribution in [0.5, 0.6) is 0 Å². The number of aliphatic carboxylic acids is 1. The normalized spacial score (nSPS) is 14.2. The van der Waals surface area contributed by atoms with Gasteiger partial charge in [0.25, 0.3) is 5.69 Å². The van der Waals surface area contributed by atoms with Gasteiger partial charge < -0.3 is 5.11 Å². The Kier molecular flexibility index (Phi) is 3.71. The van der Waals surface area contributed by atoms with E-state index >= 15 is 0 Å². The first-order valence-corrected chi connectivity index (χ1v) is 5.05. The molecule has 0 radical (unpaired) electrons. The molecule has 1 aromatic carbocycles. The van der Waals surface area contributed by atoms with Crippen LogP contribution in [0.1, 0.15) is 18.1 Å². The first-order valence-electron chi connectivity index (χ1n) is 5.05. The summed E-state index contributed by atoms with van der Waals surface area (Å²) in [4.78, 5) is 20.5. The maximum atomic E-state index is 12.9. The van der Waals surface area contributed by atoms with Gasteiger partial charge in [0.05, 0.1) is 16.6 Å². The monoisotopic (exact) mass is 288 g/mol. The summed E-state index contributed by atoms with van der Waals surface area (Å²) >= 11 is 0. The lowest BCUT2D eigenvalue weighted by molar-refractivity contribution is -0.385. The van der Waals surface area contributed by atoms with Crippen LogP contribution in [0.2, 0.25) is 0 Å². The van der Waals surface area contributed by atoms with E-state index in [1.807, 2.05) is 0 Å². The summed E-state index contributed by atoms with van der Waals surface area (Å²) in [6.45, 7) is 0.797. The minimum Gasteiger partial charge on any atom is -0.480 e. The highest BCUT2D eigenvalue weighted by molar-refractivity contribution is 5.85. The third-order valence-corrected chi connectivity index (χ3v) is 2.71. The highest BCUT2D eigenvalue weighted by atomic mass is 19.4. The molecule has 0 aromatic heterocycles. The predicted molar refractivity (Wildman–Crippen MR) is 58.7 cm³/mol. The summed E-state index contributed by atoms with van der Waals surface area (Å²) in [5, 5.41) is 28.3. The Bertz CT molecular complexity index is 621. The number of hydrogen-bond donors (Lipinski definition) is 1. The van der Waals surface area contributed by atoms with Crippen LogP contribution in [-0.4, -0.2) is 16.0 Å². The molecule has 106 valence electrons. The fourth-order valence-corrected chi connectivity index (χ4v) is 1.54. The smallest absolute Gasteiger partial charge is 0.416 e. The van der Waals surface area contributed by atoms with Gasteiger partial charge in [-0.05, 0) is 18.6 Å². The molecule has 1 atom stereocenters. The first-order chi connectivity index (χ1) is 9.04. The van der Waals surface area contributed by atoms with Crippen molar-refractivity contribution >= 4 is 11.7 Å². The van der Waals surface area contributed by atoms with E-state index in [2.05, 4.69) is 0 Å². The third kappa shape index (κ3) is 2.54. The third-order valence-electron chi connectivity index (χ3n) is 2.71. The second-order valence-corrected chi connectivity index (χ2v) is 4.03. The molecule has 0 saturated heterocycles. The van der Waals surface area contributed by atoms with Gasteiger partial charge in [0, 0.05) is 12.1 Å². The maximum absolute atomic E-state index is 12.9. The van der Waals surface area contributed by atoms with Crippen molar-refractivity contribution < 1.29 is 28.0 Å². The largest absolute Gasteiger partial charge is 0.480 e. The second kappa shape index (κ2) is 4.80. The molecule has 0 amide bonds. The minimum atomic E-state index is -5.02. The highest BCUT2D eigenvalue weighted by Crippen LogP contribution is 2.39. The Morgan fingerprint density at radius 3 is 2.30 bits per heavy atom. The quantitative estimate of drug-likeness (QED) is 0.679. The molecule has 0 heterocycles. The number of nitriles is 1. The molecular weight excluding hydrogens is 281 g/mol. The van der Waals surface area contributed by atoms with Crippen molar-refractivity contribution in [2.24, 2.45) is 0 Å². The number of nitro benzene ring substituents is 1. The van der Waals surface area contributed by atoms with Gasteiger partial charge in [-0.1, -0.05) is 0 Å². The van der Waals surface area contributed by atoms with Gasteiger partial charge in [-0.3, -0.25) is 14.9 Å². The van der Waals surface area contributed by atoms with E-state index < -0.39 is 39.3 Å². The molecule has 0 aliphatic rings. The van der Waals surface area contributed by atoms with Crippen LogP contribution < -0.4 is 0 Å². The lowest BCUT2D eigenvalue weighted by Crippen LogP contribution is -2.33. The lowest BCUT2D eigenvalue weighted by Gasteiger charge is -2.21. The summed E-state index contributed by atoms with van der Waals surface area (Å²) in [5.74, 6) is -1.78. The number of nitro groups is 1.